The van der Waals surface area contributed by atoms with Crippen LogP contribution in [0.15, 0.2) is 22.8 Å². The SMILES string of the molecule is CC(N)C(c1ccco1)N1CCSCC1S(C)(=O)=O. The third-order valence-corrected chi connectivity index (χ3v) is 5.97. The van der Waals surface area contributed by atoms with Gasteiger partial charge in [0.1, 0.15) is 11.1 Å². The third-order valence-electron chi connectivity index (χ3n) is 3.31. The molecule has 0 aliphatic carbocycles. The number of rotatable bonds is 4. The number of nitrogens with zero attached hydrogens (tertiary/aromatic N) is 1. The predicted molar refractivity (Wildman–Crippen MR) is 77.8 cm³/mol. The molecule has 2 heterocycles. The summed E-state index contributed by atoms with van der Waals surface area (Å²) < 4.78 is 29.4. The highest BCUT2D eigenvalue weighted by molar-refractivity contribution is 8.00. The van der Waals surface area contributed by atoms with Gasteiger partial charge in [0.15, 0.2) is 9.84 Å². The Kier molecular flexibility index (Phi) is 4.60. The second kappa shape index (κ2) is 5.87. The first-order valence-corrected chi connectivity index (χ1v) is 9.33. The molecule has 0 radical (unpaired) electrons. The topological polar surface area (TPSA) is 76.5 Å². The van der Waals surface area contributed by atoms with E-state index in [-0.39, 0.29) is 12.1 Å². The molecule has 3 unspecified atom stereocenters. The van der Waals surface area contributed by atoms with Crippen molar-refractivity contribution >= 4 is 21.6 Å². The van der Waals surface area contributed by atoms with Crippen molar-refractivity contribution in [2.45, 2.75) is 24.4 Å². The Balaban J connectivity index is 2.34. The van der Waals surface area contributed by atoms with E-state index in [1.807, 2.05) is 17.9 Å². The summed E-state index contributed by atoms with van der Waals surface area (Å²) in [5.41, 5.74) is 6.06. The fourth-order valence-electron chi connectivity index (χ4n) is 2.47. The monoisotopic (exact) mass is 304 g/mol. The van der Waals surface area contributed by atoms with Crippen LogP contribution in [0.4, 0.5) is 0 Å². The first-order valence-electron chi connectivity index (χ1n) is 6.22. The summed E-state index contributed by atoms with van der Waals surface area (Å²) in [5, 5.41) is -0.493. The highest BCUT2D eigenvalue weighted by Crippen LogP contribution is 2.32. The normalized spacial score (nSPS) is 25.1. The lowest BCUT2D eigenvalue weighted by Gasteiger charge is -2.40. The van der Waals surface area contributed by atoms with Gasteiger partial charge in [0.05, 0.1) is 12.3 Å². The molecule has 1 aromatic heterocycles. The van der Waals surface area contributed by atoms with Crippen molar-refractivity contribution in [1.29, 1.82) is 0 Å². The van der Waals surface area contributed by atoms with Gasteiger partial charge in [0, 0.05) is 30.3 Å². The van der Waals surface area contributed by atoms with E-state index in [4.69, 9.17) is 10.2 Å². The number of thioether (sulfide) groups is 1. The molecule has 0 amide bonds. The molecule has 2 rings (SSSR count). The molecule has 19 heavy (non-hydrogen) atoms. The van der Waals surface area contributed by atoms with Crippen LogP contribution in [0.3, 0.4) is 0 Å². The molecule has 1 aromatic rings. The van der Waals surface area contributed by atoms with Gasteiger partial charge in [0.2, 0.25) is 0 Å². The summed E-state index contributed by atoms with van der Waals surface area (Å²) in [7, 11) is -3.14. The Bertz CT molecular complexity index is 499. The van der Waals surface area contributed by atoms with Gasteiger partial charge in [-0.25, -0.2) is 8.42 Å². The lowest BCUT2D eigenvalue weighted by Crippen LogP contribution is -2.52. The molecule has 1 aliphatic heterocycles. The largest absolute Gasteiger partial charge is 0.468 e. The number of sulfone groups is 1. The maximum absolute atomic E-state index is 12.0. The Morgan fingerprint density at radius 3 is 2.84 bits per heavy atom. The van der Waals surface area contributed by atoms with E-state index >= 15 is 0 Å². The molecular weight excluding hydrogens is 284 g/mol. The van der Waals surface area contributed by atoms with Crippen LogP contribution in [0.1, 0.15) is 18.7 Å². The summed E-state index contributed by atoms with van der Waals surface area (Å²) >= 11 is 1.67. The van der Waals surface area contributed by atoms with Gasteiger partial charge in [-0.1, -0.05) is 0 Å². The first kappa shape index (κ1) is 14.9. The molecule has 0 saturated carbocycles. The Morgan fingerprint density at radius 1 is 1.58 bits per heavy atom. The van der Waals surface area contributed by atoms with Crippen molar-refractivity contribution < 1.29 is 12.8 Å². The van der Waals surface area contributed by atoms with Gasteiger partial charge in [-0.05, 0) is 19.1 Å². The molecule has 0 spiro atoms. The molecule has 1 fully saturated rings. The van der Waals surface area contributed by atoms with Crippen molar-refractivity contribution in [3.05, 3.63) is 24.2 Å². The van der Waals surface area contributed by atoms with Crippen molar-refractivity contribution in [1.82, 2.24) is 4.90 Å². The molecule has 7 heteroatoms. The maximum atomic E-state index is 12.0. The van der Waals surface area contributed by atoms with Crippen molar-refractivity contribution in [2.75, 3.05) is 24.3 Å². The van der Waals surface area contributed by atoms with Gasteiger partial charge >= 0.3 is 0 Å². The lowest BCUT2D eigenvalue weighted by molar-refractivity contribution is 0.151. The van der Waals surface area contributed by atoms with E-state index in [1.165, 1.54) is 6.26 Å². The minimum absolute atomic E-state index is 0.196. The molecule has 1 saturated heterocycles. The summed E-state index contributed by atoms with van der Waals surface area (Å²) in [4.78, 5) is 1.97. The fourth-order valence-corrected chi connectivity index (χ4v) is 5.37. The van der Waals surface area contributed by atoms with Crippen LogP contribution >= 0.6 is 11.8 Å². The summed E-state index contributed by atoms with van der Waals surface area (Å²) in [6, 6.07) is 3.27. The molecular formula is C12H20N2O3S2. The van der Waals surface area contributed by atoms with Crippen molar-refractivity contribution in [2.24, 2.45) is 5.73 Å². The summed E-state index contributed by atoms with van der Waals surface area (Å²) in [5.74, 6) is 2.23. The average Bonchev–Trinajstić information content (AvgIpc) is 2.81. The maximum Gasteiger partial charge on any atom is 0.164 e. The molecule has 108 valence electrons. The van der Waals surface area contributed by atoms with Gasteiger partial charge in [-0.2, -0.15) is 11.8 Å². The van der Waals surface area contributed by atoms with Gasteiger partial charge < -0.3 is 10.2 Å². The van der Waals surface area contributed by atoms with Crippen LogP contribution < -0.4 is 5.73 Å². The number of hydrogen-bond donors (Lipinski definition) is 1. The minimum Gasteiger partial charge on any atom is -0.468 e. The first-order chi connectivity index (χ1) is 8.91. The van der Waals surface area contributed by atoms with Gasteiger partial charge in [-0.3, -0.25) is 4.90 Å². The quantitative estimate of drug-likeness (QED) is 0.897. The highest BCUT2D eigenvalue weighted by atomic mass is 32.2. The Hall–Kier alpha value is -0.500. The van der Waals surface area contributed by atoms with E-state index in [0.29, 0.717) is 12.3 Å². The van der Waals surface area contributed by atoms with Crippen LogP contribution in [0, 0.1) is 0 Å². The highest BCUT2D eigenvalue weighted by Gasteiger charge is 2.38. The minimum atomic E-state index is -3.14. The zero-order chi connectivity index (χ0) is 14.0. The van der Waals surface area contributed by atoms with Crippen LogP contribution in [-0.2, 0) is 9.84 Å². The van der Waals surface area contributed by atoms with E-state index in [2.05, 4.69) is 0 Å². The number of hydrogen-bond acceptors (Lipinski definition) is 6. The average molecular weight is 304 g/mol. The summed E-state index contributed by atoms with van der Waals surface area (Å²) in [6.07, 6.45) is 2.88. The van der Waals surface area contributed by atoms with Crippen LogP contribution in [-0.4, -0.2) is 49.0 Å². The molecule has 1 aliphatic rings. The Labute approximate surface area is 118 Å². The van der Waals surface area contributed by atoms with Crippen LogP contribution in [0.5, 0.6) is 0 Å². The molecule has 0 aromatic carbocycles. The number of nitrogens with two attached hydrogens (primary N) is 1. The van der Waals surface area contributed by atoms with Crippen LogP contribution in [0.2, 0.25) is 0 Å². The Morgan fingerprint density at radius 2 is 2.32 bits per heavy atom. The van der Waals surface area contributed by atoms with Gasteiger partial charge in [0.25, 0.3) is 0 Å². The standard InChI is InChI=1S/C12H20N2O3S2/c1-9(13)12(10-4-3-6-17-10)14-5-7-18-8-11(14)19(2,15)16/h3-4,6,9,11-12H,5,7-8,13H2,1-2H3. The predicted octanol–water partition coefficient (Wildman–Crippen LogP) is 1.09. The molecule has 0 bridgehead atoms. The van der Waals surface area contributed by atoms with E-state index in [1.54, 1.807) is 24.1 Å². The van der Waals surface area contributed by atoms with E-state index in [9.17, 15) is 8.42 Å². The van der Waals surface area contributed by atoms with Crippen LogP contribution in [0.25, 0.3) is 0 Å². The van der Waals surface area contributed by atoms with Gasteiger partial charge in [-0.15, -0.1) is 0 Å². The molecule has 5 nitrogen and oxygen atoms in total. The zero-order valence-corrected chi connectivity index (χ0v) is 12.8. The second-order valence-electron chi connectivity index (χ2n) is 4.92. The van der Waals surface area contributed by atoms with Crippen molar-refractivity contribution in [3.8, 4) is 0 Å². The zero-order valence-electron chi connectivity index (χ0n) is 11.2. The smallest absolute Gasteiger partial charge is 0.164 e. The second-order valence-corrected chi connectivity index (χ2v) is 8.27. The van der Waals surface area contributed by atoms with E-state index < -0.39 is 15.2 Å². The molecule has 3 atom stereocenters. The molecule has 2 N–H and O–H groups in total. The summed E-state index contributed by atoms with van der Waals surface area (Å²) in [6.45, 7) is 2.59. The van der Waals surface area contributed by atoms with Crippen molar-refractivity contribution in [3.63, 3.8) is 0 Å². The fraction of sp³-hybridized carbons (Fsp3) is 0.667. The third kappa shape index (κ3) is 3.34. The van der Waals surface area contributed by atoms with E-state index in [0.717, 1.165) is 11.5 Å². The lowest BCUT2D eigenvalue weighted by atomic mass is 10.1. The number of furan rings is 1.